The Morgan fingerprint density at radius 3 is 2.81 bits per heavy atom. The number of hydrazine groups is 1. The zero-order chi connectivity index (χ0) is 14.8. The van der Waals surface area contributed by atoms with E-state index >= 15 is 0 Å². The van der Waals surface area contributed by atoms with Crippen molar-refractivity contribution in [1.82, 2.24) is 35.4 Å². The Labute approximate surface area is 119 Å². The van der Waals surface area contributed by atoms with E-state index in [4.69, 9.17) is 4.52 Å². The Kier molecular flexibility index (Phi) is 3.34. The summed E-state index contributed by atoms with van der Waals surface area (Å²) in [6, 6.07) is 1.55. The van der Waals surface area contributed by atoms with Gasteiger partial charge in [0, 0.05) is 19.2 Å². The number of carbonyl (C=O) groups is 2. The van der Waals surface area contributed by atoms with Gasteiger partial charge in [-0.3, -0.25) is 9.59 Å². The molecule has 3 rings (SSSR count). The molecule has 0 aliphatic carbocycles. The molecule has 2 amide bonds. The standard InChI is InChI=1S/C11H13N7O3/c1-8-5-9(13-21-8)11(20)18-4-2-3-17(18)10(19)6-16-7-12-14-15-16/h5,7H,2-4,6H2,1H3. The van der Waals surface area contributed by atoms with E-state index in [1.54, 1.807) is 13.0 Å². The van der Waals surface area contributed by atoms with Gasteiger partial charge < -0.3 is 4.52 Å². The van der Waals surface area contributed by atoms with Gasteiger partial charge >= 0.3 is 0 Å². The van der Waals surface area contributed by atoms with Crippen LogP contribution in [0.25, 0.3) is 0 Å². The first kappa shape index (κ1) is 13.2. The summed E-state index contributed by atoms with van der Waals surface area (Å²) in [6.45, 7) is 2.62. The highest BCUT2D eigenvalue weighted by molar-refractivity contribution is 5.93. The molecule has 10 nitrogen and oxygen atoms in total. The zero-order valence-electron chi connectivity index (χ0n) is 11.3. The van der Waals surface area contributed by atoms with Gasteiger partial charge in [-0.1, -0.05) is 5.16 Å². The third kappa shape index (κ3) is 2.59. The monoisotopic (exact) mass is 291 g/mol. The first-order chi connectivity index (χ1) is 10.1. The van der Waals surface area contributed by atoms with Gasteiger partial charge in [0.1, 0.15) is 18.6 Å². The SMILES string of the molecule is Cc1cc(C(=O)N2CCCN2C(=O)Cn2cnnn2)no1. The van der Waals surface area contributed by atoms with E-state index in [0.717, 1.165) is 0 Å². The summed E-state index contributed by atoms with van der Waals surface area (Å²) in [7, 11) is 0. The molecule has 0 saturated carbocycles. The summed E-state index contributed by atoms with van der Waals surface area (Å²) in [4.78, 5) is 24.6. The van der Waals surface area contributed by atoms with Gasteiger partial charge in [-0.15, -0.1) is 5.10 Å². The summed E-state index contributed by atoms with van der Waals surface area (Å²) in [5.41, 5.74) is 0.189. The van der Waals surface area contributed by atoms with Crippen molar-refractivity contribution in [3.05, 3.63) is 23.8 Å². The molecule has 0 spiro atoms. The van der Waals surface area contributed by atoms with E-state index in [0.29, 0.717) is 25.3 Å². The Morgan fingerprint density at radius 2 is 2.14 bits per heavy atom. The lowest BCUT2D eigenvalue weighted by atomic mass is 10.3. The Morgan fingerprint density at radius 1 is 1.33 bits per heavy atom. The molecule has 1 saturated heterocycles. The van der Waals surface area contributed by atoms with Crippen LogP contribution < -0.4 is 0 Å². The van der Waals surface area contributed by atoms with Crippen molar-refractivity contribution in [3.63, 3.8) is 0 Å². The Bertz CT molecular complexity index is 651. The third-order valence-electron chi connectivity index (χ3n) is 3.09. The van der Waals surface area contributed by atoms with Crippen molar-refractivity contribution < 1.29 is 14.1 Å². The van der Waals surface area contributed by atoms with Crippen LogP contribution in [0, 0.1) is 6.92 Å². The Hall–Kier alpha value is -2.78. The lowest BCUT2D eigenvalue weighted by Crippen LogP contribution is -2.46. The number of hydrogen-bond acceptors (Lipinski definition) is 7. The van der Waals surface area contributed by atoms with E-state index in [1.165, 1.54) is 21.0 Å². The van der Waals surface area contributed by atoms with Gasteiger partial charge in [0.05, 0.1) is 0 Å². The highest BCUT2D eigenvalue weighted by atomic mass is 16.5. The number of carbonyl (C=O) groups excluding carboxylic acids is 2. The quantitative estimate of drug-likeness (QED) is 0.732. The van der Waals surface area contributed by atoms with Crippen LogP contribution in [0.3, 0.4) is 0 Å². The number of hydrogen-bond donors (Lipinski definition) is 0. The summed E-state index contributed by atoms with van der Waals surface area (Å²) in [5, 5.41) is 17.0. The predicted octanol–water partition coefficient (Wildman–Crippen LogP) is -0.741. The highest BCUT2D eigenvalue weighted by Gasteiger charge is 2.32. The van der Waals surface area contributed by atoms with Crippen LogP contribution >= 0.6 is 0 Å². The van der Waals surface area contributed by atoms with E-state index in [9.17, 15) is 9.59 Å². The highest BCUT2D eigenvalue weighted by Crippen LogP contribution is 2.15. The minimum Gasteiger partial charge on any atom is -0.361 e. The zero-order valence-corrected chi connectivity index (χ0v) is 11.3. The van der Waals surface area contributed by atoms with Crippen LogP contribution in [0.5, 0.6) is 0 Å². The molecule has 0 aromatic carbocycles. The fourth-order valence-electron chi connectivity index (χ4n) is 2.15. The fraction of sp³-hybridized carbons (Fsp3) is 0.455. The lowest BCUT2D eigenvalue weighted by molar-refractivity contribution is -0.141. The van der Waals surface area contributed by atoms with E-state index in [1.807, 2.05) is 0 Å². The predicted molar refractivity (Wildman–Crippen MR) is 66.4 cm³/mol. The molecule has 0 radical (unpaired) electrons. The molecule has 110 valence electrons. The maximum absolute atomic E-state index is 12.3. The molecule has 10 heteroatoms. The van der Waals surface area contributed by atoms with Crippen molar-refractivity contribution in [1.29, 1.82) is 0 Å². The van der Waals surface area contributed by atoms with Gasteiger partial charge in [0.15, 0.2) is 5.69 Å². The molecule has 0 unspecified atom stereocenters. The second kappa shape index (κ2) is 5.31. The molecule has 0 atom stereocenters. The smallest absolute Gasteiger partial charge is 0.294 e. The number of amides is 2. The lowest BCUT2D eigenvalue weighted by Gasteiger charge is -2.26. The summed E-state index contributed by atoms with van der Waals surface area (Å²) in [5.74, 6) is -0.0631. The van der Waals surface area contributed by atoms with Gasteiger partial charge in [0.25, 0.3) is 11.8 Å². The van der Waals surface area contributed by atoms with Crippen LogP contribution in [0.1, 0.15) is 22.7 Å². The second-order valence-corrected chi connectivity index (χ2v) is 4.63. The third-order valence-corrected chi connectivity index (χ3v) is 3.09. The largest absolute Gasteiger partial charge is 0.361 e. The van der Waals surface area contributed by atoms with E-state index in [-0.39, 0.29) is 24.1 Å². The molecule has 2 aromatic heterocycles. The molecule has 1 fully saturated rings. The minimum absolute atomic E-state index is 0.0192. The number of rotatable bonds is 3. The Balaban J connectivity index is 1.73. The minimum atomic E-state index is -0.352. The molecule has 0 N–H and O–H groups in total. The van der Waals surface area contributed by atoms with E-state index in [2.05, 4.69) is 20.7 Å². The van der Waals surface area contributed by atoms with Crippen molar-refractivity contribution in [3.8, 4) is 0 Å². The summed E-state index contributed by atoms with van der Waals surface area (Å²) in [6.07, 6.45) is 2.06. The maximum Gasteiger partial charge on any atom is 0.294 e. The van der Waals surface area contributed by atoms with Crippen LogP contribution in [0.15, 0.2) is 16.9 Å². The van der Waals surface area contributed by atoms with Crippen LogP contribution in [0.2, 0.25) is 0 Å². The number of aryl methyl sites for hydroxylation is 1. The topological polar surface area (TPSA) is 110 Å². The summed E-state index contributed by atoms with van der Waals surface area (Å²) >= 11 is 0. The molecule has 1 aliphatic heterocycles. The van der Waals surface area contributed by atoms with Gasteiger partial charge in [0.2, 0.25) is 0 Å². The molecular formula is C11H13N7O3. The first-order valence-electron chi connectivity index (χ1n) is 6.41. The summed E-state index contributed by atoms with van der Waals surface area (Å²) < 4.78 is 6.20. The van der Waals surface area contributed by atoms with Crippen molar-refractivity contribution >= 4 is 11.8 Å². The average molecular weight is 291 g/mol. The molecular weight excluding hydrogens is 278 g/mol. The number of tetrazole rings is 1. The van der Waals surface area contributed by atoms with Crippen LogP contribution in [-0.2, 0) is 11.3 Å². The van der Waals surface area contributed by atoms with E-state index < -0.39 is 0 Å². The first-order valence-corrected chi connectivity index (χ1v) is 6.41. The molecule has 3 heterocycles. The molecule has 2 aromatic rings. The number of nitrogens with zero attached hydrogens (tertiary/aromatic N) is 7. The van der Waals surface area contributed by atoms with Crippen molar-refractivity contribution in [2.75, 3.05) is 13.1 Å². The normalized spacial score (nSPS) is 14.7. The van der Waals surface area contributed by atoms with Crippen molar-refractivity contribution in [2.45, 2.75) is 19.9 Å². The van der Waals surface area contributed by atoms with Gasteiger partial charge in [-0.05, 0) is 23.8 Å². The second-order valence-electron chi connectivity index (χ2n) is 4.63. The maximum atomic E-state index is 12.3. The van der Waals surface area contributed by atoms with Crippen LogP contribution in [0.4, 0.5) is 0 Å². The van der Waals surface area contributed by atoms with Crippen LogP contribution in [-0.4, -0.2) is 60.3 Å². The number of aromatic nitrogens is 5. The molecule has 0 bridgehead atoms. The van der Waals surface area contributed by atoms with Gasteiger partial charge in [-0.25, -0.2) is 14.7 Å². The van der Waals surface area contributed by atoms with Gasteiger partial charge in [-0.2, -0.15) is 0 Å². The molecule has 1 aliphatic rings. The van der Waals surface area contributed by atoms with Crippen molar-refractivity contribution in [2.24, 2.45) is 0 Å². The fourth-order valence-corrected chi connectivity index (χ4v) is 2.15. The molecule has 21 heavy (non-hydrogen) atoms. The average Bonchev–Trinajstić information content (AvgIpc) is 3.18.